The van der Waals surface area contributed by atoms with E-state index in [1.165, 1.54) is 0 Å². The summed E-state index contributed by atoms with van der Waals surface area (Å²) in [5, 5.41) is 11.7. The lowest BCUT2D eigenvalue weighted by molar-refractivity contribution is -0.117. The zero-order chi connectivity index (χ0) is 11.7. The summed E-state index contributed by atoms with van der Waals surface area (Å²) in [6.07, 6.45) is 4.69. The van der Waals surface area contributed by atoms with Crippen molar-refractivity contribution in [2.45, 2.75) is 40.0 Å². The highest BCUT2D eigenvalue weighted by Gasteiger charge is 2.03. The van der Waals surface area contributed by atoms with Crippen LogP contribution < -0.4 is 5.32 Å². The molecule has 0 rings (SSSR count). The van der Waals surface area contributed by atoms with Gasteiger partial charge in [0.25, 0.3) is 0 Å². The normalized spacial score (nSPS) is 13.7. The third-order valence-electron chi connectivity index (χ3n) is 2.34. The van der Waals surface area contributed by atoms with Gasteiger partial charge in [-0.25, -0.2) is 0 Å². The molecule has 0 bridgehead atoms. The van der Waals surface area contributed by atoms with E-state index in [4.69, 9.17) is 5.11 Å². The third kappa shape index (κ3) is 7.14. The minimum Gasteiger partial charge on any atom is -0.396 e. The first-order valence-corrected chi connectivity index (χ1v) is 5.67. The van der Waals surface area contributed by atoms with Gasteiger partial charge in [-0.3, -0.25) is 4.79 Å². The van der Waals surface area contributed by atoms with Crippen LogP contribution in [-0.2, 0) is 4.79 Å². The van der Waals surface area contributed by atoms with E-state index in [-0.39, 0.29) is 12.5 Å². The second-order valence-corrected chi connectivity index (χ2v) is 3.98. The van der Waals surface area contributed by atoms with E-state index in [1.807, 2.05) is 26.8 Å². The van der Waals surface area contributed by atoms with Crippen molar-refractivity contribution in [3.8, 4) is 0 Å². The number of aliphatic hydroxyl groups excluding tert-OH is 1. The van der Waals surface area contributed by atoms with Crippen molar-refractivity contribution in [3.63, 3.8) is 0 Å². The summed E-state index contributed by atoms with van der Waals surface area (Å²) in [5.74, 6) is 0.350. The van der Waals surface area contributed by atoms with Gasteiger partial charge >= 0.3 is 0 Å². The molecule has 0 aliphatic rings. The Morgan fingerprint density at radius 3 is 2.73 bits per heavy atom. The summed E-state index contributed by atoms with van der Waals surface area (Å²) < 4.78 is 0. The highest BCUT2D eigenvalue weighted by molar-refractivity contribution is 5.92. The van der Waals surface area contributed by atoms with Crippen molar-refractivity contribution in [1.29, 1.82) is 0 Å². The van der Waals surface area contributed by atoms with Crippen LogP contribution in [0.1, 0.15) is 40.0 Å². The fraction of sp³-hybridized carbons (Fsp3) is 0.750. The molecule has 15 heavy (non-hydrogen) atoms. The van der Waals surface area contributed by atoms with Crippen LogP contribution in [0.15, 0.2) is 11.6 Å². The van der Waals surface area contributed by atoms with Gasteiger partial charge in [0.1, 0.15) is 0 Å². The molecule has 0 radical (unpaired) electrons. The van der Waals surface area contributed by atoms with E-state index in [0.29, 0.717) is 12.5 Å². The third-order valence-corrected chi connectivity index (χ3v) is 2.34. The Morgan fingerprint density at radius 2 is 2.20 bits per heavy atom. The van der Waals surface area contributed by atoms with Crippen molar-refractivity contribution in [3.05, 3.63) is 11.6 Å². The molecular weight excluding hydrogens is 190 g/mol. The number of amides is 1. The van der Waals surface area contributed by atoms with E-state index >= 15 is 0 Å². The van der Waals surface area contributed by atoms with Crippen molar-refractivity contribution in [2.75, 3.05) is 13.2 Å². The average Bonchev–Trinajstić information content (AvgIpc) is 2.23. The van der Waals surface area contributed by atoms with Gasteiger partial charge < -0.3 is 10.4 Å². The van der Waals surface area contributed by atoms with Gasteiger partial charge in [-0.1, -0.05) is 19.9 Å². The van der Waals surface area contributed by atoms with Gasteiger partial charge in [-0.15, -0.1) is 0 Å². The number of allylic oxidation sites excluding steroid dienone is 1. The van der Waals surface area contributed by atoms with Crippen molar-refractivity contribution in [1.82, 2.24) is 5.32 Å². The summed E-state index contributed by atoms with van der Waals surface area (Å²) >= 11 is 0. The molecule has 0 saturated heterocycles. The van der Waals surface area contributed by atoms with Crippen molar-refractivity contribution >= 4 is 5.91 Å². The molecule has 3 nitrogen and oxygen atoms in total. The van der Waals surface area contributed by atoms with E-state index in [2.05, 4.69) is 5.32 Å². The lowest BCUT2D eigenvalue weighted by atomic mass is 10.1. The van der Waals surface area contributed by atoms with Crippen LogP contribution in [0.25, 0.3) is 0 Å². The van der Waals surface area contributed by atoms with Crippen molar-refractivity contribution in [2.24, 2.45) is 5.92 Å². The molecule has 0 aromatic rings. The topological polar surface area (TPSA) is 49.3 Å². The van der Waals surface area contributed by atoms with Crippen LogP contribution in [0.3, 0.4) is 0 Å². The number of carbonyl (C=O) groups excluding carboxylic acids is 1. The molecule has 0 fully saturated rings. The molecule has 3 heteroatoms. The first kappa shape index (κ1) is 14.2. The van der Waals surface area contributed by atoms with Gasteiger partial charge in [0.05, 0.1) is 0 Å². The maximum atomic E-state index is 11.4. The molecule has 0 saturated carbocycles. The van der Waals surface area contributed by atoms with E-state index in [0.717, 1.165) is 24.8 Å². The highest BCUT2D eigenvalue weighted by Crippen LogP contribution is 2.03. The lowest BCUT2D eigenvalue weighted by Crippen LogP contribution is -2.25. The van der Waals surface area contributed by atoms with Crippen molar-refractivity contribution < 1.29 is 9.90 Å². The van der Waals surface area contributed by atoms with Gasteiger partial charge in [0.2, 0.25) is 5.91 Å². The Kier molecular flexibility index (Phi) is 8.01. The Labute approximate surface area is 92.6 Å². The molecule has 88 valence electrons. The Bertz CT molecular complexity index is 212. The number of hydrogen-bond donors (Lipinski definition) is 2. The molecule has 0 aliphatic carbocycles. The predicted molar refractivity (Wildman–Crippen MR) is 62.5 cm³/mol. The molecule has 1 unspecified atom stereocenters. The Morgan fingerprint density at radius 1 is 1.53 bits per heavy atom. The standard InChI is InChI=1S/C12H23NO2/c1-4-6-11(3)12(15)13-8-5-7-10(2)9-14/h6,10,14H,4-5,7-9H2,1-3H3,(H,13,15)/b11-6-. The molecule has 1 amide bonds. The summed E-state index contributed by atoms with van der Waals surface area (Å²) in [7, 11) is 0. The number of hydrogen-bond acceptors (Lipinski definition) is 2. The molecule has 0 heterocycles. The van der Waals surface area contributed by atoms with E-state index < -0.39 is 0 Å². The predicted octanol–water partition coefficient (Wildman–Crippen LogP) is 1.87. The second-order valence-electron chi connectivity index (χ2n) is 3.98. The number of rotatable bonds is 7. The monoisotopic (exact) mass is 213 g/mol. The molecule has 0 aromatic heterocycles. The number of nitrogens with one attached hydrogen (secondary N) is 1. The molecule has 0 spiro atoms. The highest BCUT2D eigenvalue weighted by atomic mass is 16.3. The van der Waals surface area contributed by atoms with Gasteiger partial charge in [0.15, 0.2) is 0 Å². The number of carbonyl (C=O) groups is 1. The smallest absolute Gasteiger partial charge is 0.246 e. The van der Waals surface area contributed by atoms with E-state index in [1.54, 1.807) is 0 Å². The lowest BCUT2D eigenvalue weighted by Gasteiger charge is -2.08. The largest absolute Gasteiger partial charge is 0.396 e. The molecule has 2 N–H and O–H groups in total. The summed E-state index contributed by atoms with van der Waals surface area (Å²) in [6.45, 7) is 6.76. The van der Waals surface area contributed by atoms with Gasteiger partial charge in [0, 0.05) is 18.7 Å². The summed E-state index contributed by atoms with van der Waals surface area (Å²) in [5.41, 5.74) is 0.785. The van der Waals surface area contributed by atoms with Gasteiger partial charge in [-0.05, 0) is 32.1 Å². The first-order valence-electron chi connectivity index (χ1n) is 5.67. The summed E-state index contributed by atoms with van der Waals surface area (Å²) in [6, 6.07) is 0. The zero-order valence-corrected chi connectivity index (χ0v) is 10.0. The molecular formula is C12H23NO2. The fourth-order valence-electron chi connectivity index (χ4n) is 1.28. The van der Waals surface area contributed by atoms with Crippen LogP contribution in [0.4, 0.5) is 0 Å². The van der Waals surface area contributed by atoms with E-state index in [9.17, 15) is 4.79 Å². The minimum absolute atomic E-state index is 0.0218. The molecule has 0 aromatic carbocycles. The second kappa shape index (κ2) is 8.48. The average molecular weight is 213 g/mol. The summed E-state index contributed by atoms with van der Waals surface area (Å²) in [4.78, 5) is 11.4. The number of aliphatic hydroxyl groups is 1. The van der Waals surface area contributed by atoms with Crippen LogP contribution in [0, 0.1) is 5.92 Å². The fourth-order valence-corrected chi connectivity index (χ4v) is 1.28. The molecule has 1 atom stereocenters. The minimum atomic E-state index is 0.0218. The van der Waals surface area contributed by atoms with Crippen LogP contribution >= 0.6 is 0 Å². The first-order chi connectivity index (χ1) is 7.11. The van der Waals surface area contributed by atoms with Crippen LogP contribution in [0.5, 0.6) is 0 Å². The Balaban J connectivity index is 3.60. The Hall–Kier alpha value is -0.830. The van der Waals surface area contributed by atoms with Crippen LogP contribution in [0.2, 0.25) is 0 Å². The SMILES string of the molecule is CC/C=C(/C)C(=O)NCCCC(C)CO. The maximum Gasteiger partial charge on any atom is 0.246 e. The molecule has 0 aliphatic heterocycles. The van der Waals surface area contributed by atoms with Gasteiger partial charge in [-0.2, -0.15) is 0 Å². The zero-order valence-electron chi connectivity index (χ0n) is 10.0. The quantitative estimate of drug-likeness (QED) is 0.501. The maximum absolute atomic E-state index is 11.4. The van der Waals surface area contributed by atoms with Crippen LogP contribution in [-0.4, -0.2) is 24.2 Å².